The van der Waals surface area contributed by atoms with Gasteiger partial charge in [-0.25, -0.2) is 14.5 Å². The van der Waals surface area contributed by atoms with Gasteiger partial charge in [0.25, 0.3) is 5.91 Å². The highest BCUT2D eigenvalue weighted by atomic mass is 35.5. The fraction of sp³-hybridized carbons (Fsp3) is 0.100. The number of nitrogens with one attached hydrogen (secondary N) is 1. The molecule has 2 heterocycles. The molecule has 0 saturated heterocycles. The average Bonchev–Trinajstić information content (AvgIpc) is 2.74. The number of nitro groups is 1. The van der Waals surface area contributed by atoms with E-state index in [0.717, 1.165) is 0 Å². The fourth-order valence-corrected chi connectivity index (χ4v) is 1.64. The number of anilines is 1. The number of nitrogens with zero attached hydrogens (tertiary/aromatic N) is 4. The molecule has 0 aliphatic carbocycles. The Hall–Kier alpha value is -2.48. The summed E-state index contributed by atoms with van der Waals surface area (Å²) in [6.07, 6.45) is 2.75. The van der Waals surface area contributed by atoms with Crippen LogP contribution in [0.3, 0.4) is 0 Å². The van der Waals surface area contributed by atoms with E-state index in [2.05, 4.69) is 15.3 Å². The van der Waals surface area contributed by atoms with Gasteiger partial charge in [0.2, 0.25) is 0 Å². The van der Waals surface area contributed by atoms with Crippen LogP contribution < -0.4 is 5.32 Å². The molecule has 8 nitrogen and oxygen atoms in total. The van der Waals surface area contributed by atoms with E-state index >= 15 is 0 Å². The summed E-state index contributed by atoms with van der Waals surface area (Å²) in [5, 5.41) is 13.2. The maximum Gasteiger partial charge on any atom is 0.323 e. The molecule has 0 aromatic carbocycles. The van der Waals surface area contributed by atoms with E-state index < -0.39 is 10.8 Å². The van der Waals surface area contributed by atoms with E-state index in [-0.39, 0.29) is 22.5 Å². The van der Waals surface area contributed by atoms with Gasteiger partial charge in [0.1, 0.15) is 0 Å². The van der Waals surface area contributed by atoms with Crippen molar-refractivity contribution in [3.05, 3.63) is 45.5 Å². The number of carbonyl (C=O) groups excluding carboxylic acids is 1. The maximum absolute atomic E-state index is 11.9. The van der Waals surface area contributed by atoms with Gasteiger partial charge < -0.3 is 15.4 Å². The number of carbonyl (C=O) groups is 1. The first-order chi connectivity index (χ1) is 9.00. The Morgan fingerprint density at radius 2 is 2.11 bits per heavy atom. The first-order valence-corrected chi connectivity index (χ1v) is 5.46. The lowest BCUT2D eigenvalue weighted by Crippen LogP contribution is -2.17. The Bertz CT molecular complexity index is 654. The minimum atomic E-state index is -0.577. The van der Waals surface area contributed by atoms with Crippen LogP contribution in [-0.4, -0.2) is 25.4 Å². The van der Waals surface area contributed by atoms with Crippen LogP contribution in [0.25, 0.3) is 0 Å². The second-order valence-corrected chi connectivity index (χ2v) is 3.90. The van der Waals surface area contributed by atoms with Gasteiger partial charge in [-0.05, 0) is 11.0 Å². The average molecular weight is 282 g/mol. The van der Waals surface area contributed by atoms with E-state index in [1.807, 2.05) is 0 Å². The lowest BCUT2D eigenvalue weighted by atomic mass is 10.4. The van der Waals surface area contributed by atoms with Gasteiger partial charge in [-0.1, -0.05) is 11.6 Å². The molecule has 0 fully saturated rings. The molecule has 0 aliphatic rings. The number of halogens is 1. The molecule has 1 amide bonds. The van der Waals surface area contributed by atoms with Crippen molar-refractivity contribution in [1.29, 1.82) is 0 Å². The zero-order valence-corrected chi connectivity index (χ0v) is 10.5. The van der Waals surface area contributed by atoms with Crippen LogP contribution in [-0.2, 0) is 7.05 Å². The van der Waals surface area contributed by atoms with Gasteiger partial charge in [-0.2, -0.15) is 0 Å². The standard InChI is InChI=1S/C10H8ClN5O3/c1-15-6(2-3-7(15)16(18)19)10(17)14-9-8(11)12-4-5-13-9/h2-5H,1H3,(H,13,14,17). The zero-order chi connectivity index (χ0) is 14.0. The molecule has 0 bridgehead atoms. The van der Waals surface area contributed by atoms with Gasteiger partial charge in [0.15, 0.2) is 16.7 Å². The minimum Gasteiger partial charge on any atom is -0.358 e. The summed E-state index contributed by atoms with van der Waals surface area (Å²) in [7, 11) is 1.42. The first kappa shape index (κ1) is 13.0. The number of hydrogen-bond acceptors (Lipinski definition) is 5. The van der Waals surface area contributed by atoms with Gasteiger partial charge in [0.05, 0.1) is 7.05 Å². The van der Waals surface area contributed by atoms with Crippen molar-refractivity contribution in [3.63, 3.8) is 0 Å². The van der Waals surface area contributed by atoms with E-state index in [4.69, 9.17) is 11.6 Å². The molecule has 2 aromatic rings. The van der Waals surface area contributed by atoms with Crippen molar-refractivity contribution < 1.29 is 9.72 Å². The smallest absolute Gasteiger partial charge is 0.323 e. The summed E-state index contributed by atoms with van der Waals surface area (Å²) < 4.78 is 1.17. The van der Waals surface area contributed by atoms with Crippen LogP contribution in [0, 0.1) is 10.1 Å². The monoisotopic (exact) mass is 281 g/mol. The van der Waals surface area contributed by atoms with Gasteiger partial charge in [-0.3, -0.25) is 4.79 Å². The summed E-state index contributed by atoms with van der Waals surface area (Å²) in [5.41, 5.74) is 0.119. The molecule has 2 aromatic heterocycles. The molecule has 0 saturated carbocycles. The molecule has 0 unspecified atom stereocenters. The number of amides is 1. The molecule has 9 heteroatoms. The van der Waals surface area contributed by atoms with Crippen molar-refractivity contribution in [1.82, 2.24) is 14.5 Å². The summed E-state index contributed by atoms with van der Waals surface area (Å²) >= 11 is 5.75. The highest BCUT2D eigenvalue weighted by Gasteiger charge is 2.21. The maximum atomic E-state index is 11.9. The van der Waals surface area contributed by atoms with E-state index in [9.17, 15) is 14.9 Å². The molecule has 0 aliphatic heterocycles. The first-order valence-electron chi connectivity index (χ1n) is 5.08. The second kappa shape index (κ2) is 5.02. The highest BCUT2D eigenvalue weighted by molar-refractivity contribution is 6.32. The third-order valence-electron chi connectivity index (χ3n) is 2.40. The molecule has 0 spiro atoms. The van der Waals surface area contributed by atoms with Crippen LogP contribution in [0.4, 0.5) is 11.6 Å². The van der Waals surface area contributed by atoms with E-state index in [0.29, 0.717) is 0 Å². The lowest BCUT2D eigenvalue weighted by Gasteiger charge is -2.04. The normalized spacial score (nSPS) is 10.2. The number of rotatable bonds is 3. The lowest BCUT2D eigenvalue weighted by molar-refractivity contribution is -0.391. The molecule has 0 atom stereocenters. The Morgan fingerprint density at radius 1 is 1.42 bits per heavy atom. The molecule has 98 valence electrons. The summed E-state index contributed by atoms with van der Waals surface area (Å²) in [6, 6.07) is 2.59. The third kappa shape index (κ3) is 2.52. The fourth-order valence-electron chi connectivity index (χ4n) is 1.49. The second-order valence-electron chi connectivity index (χ2n) is 3.54. The molecular formula is C10H8ClN5O3. The predicted octanol–water partition coefficient (Wildman–Crippen LogP) is 1.63. The Balaban J connectivity index is 2.26. The van der Waals surface area contributed by atoms with Gasteiger partial charge >= 0.3 is 5.82 Å². The van der Waals surface area contributed by atoms with Gasteiger partial charge in [0, 0.05) is 18.5 Å². The van der Waals surface area contributed by atoms with Crippen LogP contribution in [0.1, 0.15) is 10.5 Å². The Labute approximate surface area is 112 Å². The highest BCUT2D eigenvalue weighted by Crippen LogP contribution is 2.18. The van der Waals surface area contributed by atoms with Crippen molar-refractivity contribution in [2.75, 3.05) is 5.32 Å². The van der Waals surface area contributed by atoms with Crippen LogP contribution in [0.2, 0.25) is 5.15 Å². The van der Waals surface area contributed by atoms with Crippen molar-refractivity contribution in [2.45, 2.75) is 0 Å². The largest absolute Gasteiger partial charge is 0.358 e. The minimum absolute atomic E-state index is 0.0413. The molecule has 2 rings (SSSR count). The quantitative estimate of drug-likeness (QED) is 0.680. The van der Waals surface area contributed by atoms with E-state index in [1.165, 1.54) is 36.1 Å². The summed E-state index contributed by atoms with van der Waals surface area (Å²) in [5.74, 6) is -0.647. The van der Waals surface area contributed by atoms with E-state index in [1.54, 1.807) is 0 Å². The molecule has 19 heavy (non-hydrogen) atoms. The van der Waals surface area contributed by atoms with Crippen LogP contribution >= 0.6 is 11.6 Å². The molecular weight excluding hydrogens is 274 g/mol. The van der Waals surface area contributed by atoms with Crippen molar-refractivity contribution in [3.8, 4) is 0 Å². The Kier molecular flexibility index (Phi) is 3.43. The van der Waals surface area contributed by atoms with Crippen LogP contribution in [0.5, 0.6) is 0 Å². The van der Waals surface area contributed by atoms with Crippen molar-refractivity contribution in [2.24, 2.45) is 7.05 Å². The topological polar surface area (TPSA) is 103 Å². The molecule has 0 radical (unpaired) electrons. The van der Waals surface area contributed by atoms with Gasteiger partial charge in [-0.15, -0.1) is 0 Å². The number of aromatic nitrogens is 3. The summed E-state index contributed by atoms with van der Waals surface area (Å²) in [4.78, 5) is 29.6. The summed E-state index contributed by atoms with van der Waals surface area (Å²) in [6.45, 7) is 0. The third-order valence-corrected chi connectivity index (χ3v) is 2.68. The predicted molar refractivity (Wildman–Crippen MR) is 67.1 cm³/mol. The van der Waals surface area contributed by atoms with Crippen LogP contribution in [0.15, 0.2) is 24.5 Å². The Morgan fingerprint density at radius 3 is 2.68 bits per heavy atom. The zero-order valence-electron chi connectivity index (χ0n) is 9.70. The number of hydrogen-bond donors (Lipinski definition) is 1. The molecule has 1 N–H and O–H groups in total. The SMILES string of the molecule is Cn1c(C(=O)Nc2nccnc2Cl)ccc1[N+](=O)[O-]. The van der Waals surface area contributed by atoms with Crippen molar-refractivity contribution >= 4 is 29.1 Å².